The lowest BCUT2D eigenvalue weighted by atomic mass is 10.2. The molecule has 0 radical (unpaired) electrons. The van der Waals surface area contributed by atoms with Crippen molar-refractivity contribution in [2.24, 2.45) is 0 Å². The smallest absolute Gasteiger partial charge is 0.262 e. The Balaban J connectivity index is 1.59. The second kappa shape index (κ2) is 6.46. The number of nitrogens with zero attached hydrogens (tertiary/aromatic N) is 3. The third-order valence-corrected chi connectivity index (χ3v) is 6.35. The van der Waals surface area contributed by atoms with Crippen LogP contribution in [0.3, 0.4) is 0 Å². The summed E-state index contributed by atoms with van der Waals surface area (Å²) in [7, 11) is 0. The maximum Gasteiger partial charge on any atom is 0.262 e. The minimum Gasteiger partial charge on any atom is -0.300 e. The zero-order valence-corrected chi connectivity index (χ0v) is 16.3. The van der Waals surface area contributed by atoms with Crippen molar-refractivity contribution >= 4 is 65.7 Å². The largest absolute Gasteiger partial charge is 0.300 e. The van der Waals surface area contributed by atoms with E-state index in [0.717, 1.165) is 20.7 Å². The lowest BCUT2D eigenvalue weighted by molar-refractivity contribution is -0.116. The number of amides is 1. The third-order valence-electron chi connectivity index (χ3n) is 4.07. The normalized spacial score (nSPS) is 11.3. The Morgan fingerprint density at radius 1 is 1.31 bits per heavy atom. The van der Waals surface area contributed by atoms with E-state index in [2.05, 4.69) is 15.3 Å². The molecule has 1 N–H and O–H groups in total. The molecule has 3 heterocycles. The molecule has 0 atom stereocenters. The number of halogens is 1. The molecule has 4 rings (SSSR count). The van der Waals surface area contributed by atoms with Crippen LogP contribution in [0.2, 0.25) is 5.02 Å². The highest BCUT2D eigenvalue weighted by atomic mass is 35.5. The van der Waals surface area contributed by atoms with Gasteiger partial charge < -0.3 is 5.32 Å². The van der Waals surface area contributed by atoms with Crippen LogP contribution in [-0.4, -0.2) is 20.4 Å². The van der Waals surface area contributed by atoms with Gasteiger partial charge in [-0.2, -0.15) is 0 Å². The number of fused-ring (bicyclic) bond motifs is 2. The number of anilines is 1. The van der Waals surface area contributed by atoms with E-state index < -0.39 is 0 Å². The van der Waals surface area contributed by atoms with Gasteiger partial charge in [-0.05, 0) is 37.6 Å². The van der Waals surface area contributed by atoms with Gasteiger partial charge in [0.1, 0.15) is 11.4 Å². The molecule has 1 aromatic carbocycles. The first-order chi connectivity index (χ1) is 12.4. The average Bonchev–Trinajstić information content (AvgIpc) is 3.10. The number of hydrogen-bond donors (Lipinski definition) is 1. The Morgan fingerprint density at radius 3 is 2.92 bits per heavy atom. The van der Waals surface area contributed by atoms with E-state index in [-0.39, 0.29) is 18.0 Å². The zero-order valence-electron chi connectivity index (χ0n) is 13.9. The van der Waals surface area contributed by atoms with Crippen molar-refractivity contribution in [2.75, 3.05) is 5.32 Å². The van der Waals surface area contributed by atoms with Crippen LogP contribution in [0.25, 0.3) is 20.4 Å². The van der Waals surface area contributed by atoms with E-state index in [0.29, 0.717) is 20.4 Å². The predicted molar refractivity (Wildman–Crippen MR) is 107 cm³/mol. The molecule has 1 amide bonds. The van der Waals surface area contributed by atoms with Crippen LogP contribution in [0.15, 0.2) is 29.3 Å². The van der Waals surface area contributed by atoms with Crippen LogP contribution in [0.4, 0.5) is 5.13 Å². The molecular formula is C17H13ClN4O2S2. The molecule has 0 bridgehead atoms. The SMILES string of the molecule is Cc1sc2ncn(CC(=O)Nc3nc4ccc(Cl)cc4s3)c(=O)c2c1C. The number of nitrogens with one attached hydrogen (secondary N) is 1. The molecule has 0 saturated heterocycles. The Hall–Kier alpha value is -2.29. The summed E-state index contributed by atoms with van der Waals surface area (Å²) < 4.78 is 2.21. The van der Waals surface area contributed by atoms with Crippen molar-refractivity contribution in [3.05, 3.63) is 50.3 Å². The minimum absolute atomic E-state index is 0.118. The van der Waals surface area contributed by atoms with Gasteiger partial charge >= 0.3 is 0 Å². The van der Waals surface area contributed by atoms with Gasteiger partial charge in [0, 0.05) is 9.90 Å². The minimum atomic E-state index is -0.331. The third kappa shape index (κ3) is 3.00. The quantitative estimate of drug-likeness (QED) is 0.560. The highest BCUT2D eigenvalue weighted by Crippen LogP contribution is 2.28. The second-order valence-corrected chi connectivity index (χ2v) is 8.49. The van der Waals surface area contributed by atoms with Gasteiger partial charge in [0.15, 0.2) is 5.13 Å². The topological polar surface area (TPSA) is 76.9 Å². The summed E-state index contributed by atoms with van der Waals surface area (Å²) in [5, 5.41) is 4.40. The van der Waals surface area contributed by atoms with E-state index in [1.807, 2.05) is 13.8 Å². The summed E-state index contributed by atoms with van der Waals surface area (Å²) in [6, 6.07) is 5.35. The van der Waals surface area contributed by atoms with Crippen molar-refractivity contribution in [2.45, 2.75) is 20.4 Å². The number of hydrogen-bond acceptors (Lipinski definition) is 6. The standard InChI is InChI=1S/C17H13ClN4O2S2/c1-8-9(2)25-15-14(8)16(24)22(7-19-15)6-13(23)21-17-20-11-4-3-10(18)5-12(11)26-17/h3-5,7H,6H2,1-2H3,(H,20,21,23). The molecule has 132 valence electrons. The molecule has 0 saturated carbocycles. The average molecular weight is 405 g/mol. The van der Waals surface area contributed by atoms with Gasteiger partial charge in [-0.3, -0.25) is 14.2 Å². The fraction of sp³-hybridized carbons (Fsp3) is 0.176. The predicted octanol–water partition coefficient (Wildman–Crippen LogP) is 3.98. The fourth-order valence-electron chi connectivity index (χ4n) is 2.65. The van der Waals surface area contributed by atoms with Crippen LogP contribution in [0.5, 0.6) is 0 Å². The first-order valence-electron chi connectivity index (χ1n) is 7.73. The van der Waals surface area contributed by atoms with Crippen molar-refractivity contribution in [1.29, 1.82) is 0 Å². The maximum atomic E-state index is 12.7. The van der Waals surface area contributed by atoms with Gasteiger partial charge in [-0.25, -0.2) is 9.97 Å². The Kier molecular flexibility index (Phi) is 4.26. The molecule has 0 spiro atoms. The van der Waals surface area contributed by atoms with Gasteiger partial charge in [0.25, 0.3) is 5.56 Å². The highest BCUT2D eigenvalue weighted by molar-refractivity contribution is 7.22. The number of benzene rings is 1. The lowest BCUT2D eigenvalue weighted by Crippen LogP contribution is -2.27. The van der Waals surface area contributed by atoms with E-state index >= 15 is 0 Å². The van der Waals surface area contributed by atoms with Gasteiger partial charge in [-0.1, -0.05) is 22.9 Å². The van der Waals surface area contributed by atoms with E-state index in [1.54, 1.807) is 18.2 Å². The molecule has 0 aliphatic heterocycles. The number of carbonyl (C=O) groups is 1. The number of thiazole rings is 1. The summed E-state index contributed by atoms with van der Waals surface area (Å²) in [5.74, 6) is -0.331. The highest BCUT2D eigenvalue weighted by Gasteiger charge is 2.14. The van der Waals surface area contributed by atoms with Crippen molar-refractivity contribution in [3.63, 3.8) is 0 Å². The van der Waals surface area contributed by atoms with E-state index in [1.165, 1.54) is 33.6 Å². The number of aryl methyl sites for hydroxylation is 2. The molecule has 3 aromatic heterocycles. The van der Waals surface area contributed by atoms with Crippen LogP contribution in [0.1, 0.15) is 10.4 Å². The molecule has 26 heavy (non-hydrogen) atoms. The molecule has 6 nitrogen and oxygen atoms in total. The number of rotatable bonds is 3. The van der Waals surface area contributed by atoms with Crippen molar-refractivity contribution in [1.82, 2.24) is 14.5 Å². The summed E-state index contributed by atoms with van der Waals surface area (Å²) in [4.78, 5) is 35.4. The summed E-state index contributed by atoms with van der Waals surface area (Å²) in [5.41, 5.74) is 1.47. The molecule has 9 heteroatoms. The van der Waals surface area contributed by atoms with Gasteiger partial charge in [-0.15, -0.1) is 11.3 Å². The Labute approximate surface area is 161 Å². The van der Waals surface area contributed by atoms with Crippen molar-refractivity contribution in [3.8, 4) is 0 Å². The first kappa shape index (κ1) is 17.1. The zero-order chi connectivity index (χ0) is 18.4. The maximum absolute atomic E-state index is 12.7. The molecule has 0 fully saturated rings. The molecule has 4 aromatic rings. The van der Waals surface area contributed by atoms with Crippen LogP contribution >= 0.6 is 34.3 Å². The fourth-order valence-corrected chi connectivity index (χ4v) is 4.79. The summed E-state index contributed by atoms with van der Waals surface area (Å²) >= 11 is 8.78. The number of carbonyl (C=O) groups excluding carboxylic acids is 1. The van der Waals surface area contributed by atoms with Crippen LogP contribution in [-0.2, 0) is 11.3 Å². The van der Waals surface area contributed by atoms with Gasteiger partial charge in [0.05, 0.1) is 21.9 Å². The molecule has 0 aliphatic rings. The Morgan fingerprint density at radius 2 is 2.12 bits per heavy atom. The van der Waals surface area contributed by atoms with Crippen LogP contribution < -0.4 is 10.9 Å². The lowest BCUT2D eigenvalue weighted by Gasteiger charge is -2.05. The number of aromatic nitrogens is 3. The van der Waals surface area contributed by atoms with Crippen LogP contribution in [0, 0.1) is 13.8 Å². The molecule has 0 unspecified atom stereocenters. The summed E-state index contributed by atoms with van der Waals surface area (Å²) in [6.07, 6.45) is 1.41. The van der Waals surface area contributed by atoms with E-state index in [4.69, 9.17) is 11.6 Å². The van der Waals surface area contributed by atoms with Gasteiger partial charge in [0.2, 0.25) is 5.91 Å². The monoisotopic (exact) mass is 404 g/mol. The number of thiophene rings is 1. The second-order valence-electron chi connectivity index (χ2n) is 5.82. The van der Waals surface area contributed by atoms with Crippen molar-refractivity contribution < 1.29 is 4.79 Å². The Bertz CT molecular complexity index is 1220. The first-order valence-corrected chi connectivity index (χ1v) is 9.74. The van der Waals surface area contributed by atoms with E-state index in [9.17, 15) is 9.59 Å². The molecular weight excluding hydrogens is 392 g/mol. The summed E-state index contributed by atoms with van der Waals surface area (Å²) in [6.45, 7) is 3.73. The molecule has 0 aliphatic carbocycles.